The van der Waals surface area contributed by atoms with Crippen molar-refractivity contribution in [2.45, 2.75) is 36.4 Å². The molecular weight excluding hydrogens is 322 g/mol. The van der Waals surface area contributed by atoms with Gasteiger partial charge >= 0.3 is 5.97 Å². The molecule has 0 bridgehead atoms. The third kappa shape index (κ3) is 2.20. The molecule has 2 heterocycles. The van der Waals surface area contributed by atoms with Crippen molar-refractivity contribution < 1.29 is 34.5 Å². The summed E-state index contributed by atoms with van der Waals surface area (Å²) < 4.78 is 9.94. The zero-order valence-electron chi connectivity index (χ0n) is 12.8. The van der Waals surface area contributed by atoms with E-state index in [-0.39, 0.29) is 12.2 Å². The van der Waals surface area contributed by atoms with E-state index in [1.165, 1.54) is 12.1 Å². The Morgan fingerprint density at radius 3 is 2.58 bits per heavy atom. The maximum absolute atomic E-state index is 12.3. The summed E-state index contributed by atoms with van der Waals surface area (Å²) in [6, 6.07) is 6.38. The smallest absolute Gasteiger partial charge is 0.345 e. The van der Waals surface area contributed by atoms with Crippen LogP contribution in [0.4, 0.5) is 0 Å². The normalized spacial score (nSPS) is 36.2. The van der Waals surface area contributed by atoms with Crippen LogP contribution in [0.3, 0.4) is 0 Å². The molecule has 0 saturated carbocycles. The number of rotatable bonds is 4. The number of esters is 1. The molecule has 3 N–H and O–H groups in total. The predicted molar refractivity (Wildman–Crippen MR) is 77.5 cm³/mol. The molecule has 2 fully saturated rings. The number of fused-ring (bicyclic) bond motifs is 1. The SMILES string of the molecule is Cc1ccc(C(C[N+](=O)[O-])[C@@]2(O)C(=O)O[C@@H]3[C@@H](O)CO[C@@]32O)cc1. The molecule has 1 aromatic rings. The van der Waals surface area contributed by atoms with Gasteiger partial charge in [-0.25, -0.2) is 4.79 Å². The molecule has 0 amide bonds. The van der Waals surface area contributed by atoms with Crippen LogP contribution in [0.15, 0.2) is 24.3 Å². The van der Waals surface area contributed by atoms with E-state index in [9.17, 15) is 30.2 Å². The summed E-state index contributed by atoms with van der Waals surface area (Å²) in [7, 11) is 0. The molecule has 3 rings (SSSR count). The number of ether oxygens (including phenoxy) is 2. The highest BCUT2D eigenvalue weighted by Gasteiger charge is 2.76. The van der Waals surface area contributed by atoms with Crippen LogP contribution in [0.5, 0.6) is 0 Å². The van der Waals surface area contributed by atoms with Gasteiger partial charge in [-0.2, -0.15) is 0 Å². The molecule has 9 nitrogen and oxygen atoms in total. The Morgan fingerprint density at radius 2 is 2.00 bits per heavy atom. The van der Waals surface area contributed by atoms with Crippen molar-refractivity contribution in [1.82, 2.24) is 0 Å². The Labute approximate surface area is 136 Å². The largest absolute Gasteiger partial charge is 0.451 e. The number of hydrogen-bond donors (Lipinski definition) is 3. The zero-order valence-corrected chi connectivity index (χ0v) is 12.8. The average Bonchev–Trinajstić information content (AvgIpc) is 2.92. The minimum Gasteiger partial charge on any atom is -0.451 e. The number of carbonyl (C=O) groups is 1. The molecule has 1 unspecified atom stereocenters. The van der Waals surface area contributed by atoms with E-state index in [0.717, 1.165) is 5.56 Å². The summed E-state index contributed by atoms with van der Waals surface area (Å²) >= 11 is 0. The van der Waals surface area contributed by atoms with Gasteiger partial charge in [0.05, 0.1) is 12.5 Å². The number of benzene rings is 1. The summed E-state index contributed by atoms with van der Waals surface area (Å²) in [5.41, 5.74) is -1.56. The van der Waals surface area contributed by atoms with Gasteiger partial charge in [-0.1, -0.05) is 29.8 Å². The minimum atomic E-state index is -2.71. The Bertz CT molecular complexity index is 677. The van der Waals surface area contributed by atoms with E-state index in [4.69, 9.17) is 9.47 Å². The van der Waals surface area contributed by atoms with Crippen molar-refractivity contribution in [3.8, 4) is 0 Å². The predicted octanol–water partition coefficient (Wildman–Crippen LogP) is -0.908. The third-order valence-corrected chi connectivity index (χ3v) is 4.62. The number of hydrogen-bond acceptors (Lipinski definition) is 8. The Kier molecular flexibility index (Phi) is 3.83. The van der Waals surface area contributed by atoms with Crippen LogP contribution in [0.2, 0.25) is 0 Å². The highest BCUT2D eigenvalue weighted by Crippen LogP contribution is 2.49. The van der Waals surface area contributed by atoms with Gasteiger partial charge in [0.15, 0.2) is 6.10 Å². The van der Waals surface area contributed by atoms with Crippen LogP contribution < -0.4 is 0 Å². The minimum absolute atomic E-state index is 0.274. The molecule has 2 aliphatic rings. The topological polar surface area (TPSA) is 139 Å². The highest BCUT2D eigenvalue weighted by molar-refractivity contribution is 5.85. The number of carbonyl (C=O) groups excluding carboxylic acids is 1. The Morgan fingerprint density at radius 1 is 1.38 bits per heavy atom. The molecule has 0 aromatic heterocycles. The molecule has 9 heteroatoms. The number of aliphatic hydroxyl groups excluding tert-OH is 1. The lowest BCUT2D eigenvalue weighted by molar-refractivity contribution is -0.489. The lowest BCUT2D eigenvalue weighted by Gasteiger charge is -2.36. The second-order valence-corrected chi connectivity index (χ2v) is 6.15. The summed E-state index contributed by atoms with van der Waals surface area (Å²) in [6.07, 6.45) is -2.84. The summed E-state index contributed by atoms with van der Waals surface area (Å²) in [6.45, 7) is 0.615. The molecular formula is C15H17NO8. The molecule has 130 valence electrons. The standard InChI is InChI=1S/C15H17NO8/c1-8-2-4-9(5-3-8)10(6-16(21)22)14(19)13(18)24-12-11(17)7-23-15(12,14)20/h2-5,10-12,17,19-20H,6-7H2,1H3/t10?,11-,12+,14+,15-/m0/s1. The molecule has 2 aliphatic heterocycles. The fourth-order valence-corrected chi connectivity index (χ4v) is 3.30. The number of nitrogens with zero attached hydrogens (tertiary/aromatic N) is 1. The van der Waals surface area contributed by atoms with E-state index in [1.807, 2.05) is 6.92 Å². The lowest BCUT2D eigenvalue weighted by Crippen LogP contribution is -2.62. The van der Waals surface area contributed by atoms with Crippen LogP contribution in [0, 0.1) is 17.0 Å². The molecule has 5 atom stereocenters. The van der Waals surface area contributed by atoms with Crippen molar-refractivity contribution in [1.29, 1.82) is 0 Å². The fourth-order valence-electron chi connectivity index (χ4n) is 3.30. The van der Waals surface area contributed by atoms with Gasteiger partial charge in [0.25, 0.3) is 0 Å². The van der Waals surface area contributed by atoms with Gasteiger partial charge in [-0.3, -0.25) is 10.1 Å². The summed E-state index contributed by atoms with van der Waals surface area (Å²) in [5.74, 6) is -5.24. The van der Waals surface area contributed by atoms with Crippen molar-refractivity contribution in [2.24, 2.45) is 0 Å². The first-order valence-electron chi connectivity index (χ1n) is 7.36. The Hall–Kier alpha value is -2.07. The summed E-state index contributed by atoms with van der Waals surface area (Å²) in [4.78, 5) is 22.7. The van der Waals surface area contributed by atoms with Crippen molar-refractivity contribution >= 4 is 5.97 Å². The van der Waals surface area contributed by atoms with Gasteiger partial charge in [0.1, 0.15) is 6.10 Å². The third-order valence-electron chi connectivity index (χ3n) is 4.62. The fraction of sp³-hybridized carbons (Fsp3) is 0.533. The van der Waals surface area contributed by atoms with Crippen LogP contribution in [-0.4, -0.2) is 63.0 Å². The van der Waals surface area contributed by atoms with Gasteiger partial charge in [0, 0.05) is 4.92 Å². The molecule has 0 radical (unpaired) electrons. The molecule has 0 aliphatic carbocycles. The van der Waals surface area contributed by atoms with E-state index in [2.05, 4.69) is 0 Å². The monoisotopic (exact) mass is 339 g/mol. The molecule has 2 saturated heterocycles. The van der Waals surface area contributed by atoms with Gasteiger partial charge in [-0.15, -0.1) is 0 Å². The first-order valence-corrected chi connectivity index (χ1v) is 7.36. The van der Waals surface area contributed by atoms with Crippen LogP contribution in [-0.2, 0) is 14.3 Å². The van der Waals surface area contributed by atoms with E-state index in [0.29, 0.717) is 0 Å². The first-order chi connectivity index (χ1) is 11.2. The Balaban J connectivity index is 2.10. The quantitative estimate of drug-likeness (QED) is 0.364. The second kappa shape index (κ2) is 5.49. The van der Waals surface area contributed by atoms with Gasteiger partial charge < -0.3 is 24.8 Å². The zero-order chi connectivity index (χ0) is 17.7. The van der Waals surface area contributed by atoms with Crippen LogP contribution in [0.1, 0.15) is 17.0 Å². The number of aliphatic hydroxyl groups is 3. The van der Waals surface area contributed by atoms with E-state index >= 15 is 0 Å². The average molecular weight is 339 g/mol. The molecule has 1 aromatic carbocycles. The first kappa shape index (κ1) is 16.8. The lowest BCUT2D eigenvalue weighted by atomic mass is 9.76. The highest BCUT2D eigenvalue weighted by atomic mass is 16.7. The maximum atomic E-state index is 12.3. The molecule has 24 heavy (non-hydrogen) atoms. The number of aryl methyl sites for hydroxylation is 1. The van der Waals surface area contributed by atoms with Gasteiger partial charge in [-0.05, 0) is 12.5 Å². The van der Waals surface area contributed by atoms with E-state index < -0.39 is 47.0 Å². The van der Waals surface area contributed by atoms with Crippen molar-refractivity contribution in [3.05, 3.63) is 45.5 Å². The number of nitro groups is 1. The summed E-state index contributed by atoms with van der Waals surface area (Å²) in [5, 5.41) is 42.5. The van der Waals surface area contributed by atoms with E-state index in [1.54, 1.807) is 12.1 Å². The van der Waals surface area contributed by atoms with Crippen LogP contribution >= 0.6 is 0 Å². The van der Waals surface area contributed by atoms with Crippen molar-refractivity contribution in [3.63, 3.8) is 0 Å². The van der Waals surface area contributed by atoms with Gasteiger partial charge in [0.2, 0.25) is 17.9 Å². The molecule has 0 spiro atoms. The second-order valence-electron chi connectivity index (χ2n) is 6.15. The maximum Gasteiger partial charge on any atom is 0.345 e. The van der Waals surface area contributed by atoms with Crippen LogP contribution in [0.25, 0.3) is 0 Å². The van der Waals surface area contributed by atoms with Crippen molar-refractivity contribution in [2.75, 3.05) is 13.2 Å².